The molecule has 0 amide bonds. The maximum absolute atomic E-state index is 12.0. The van der Waals surface area contributed by atoms with Gasteiger partial charge in [0.15, 0.2) is 0 Å². The molecular formula is C104H78BN5. The second kappa shape index (κ2) is 25.1. The Hall–Kier alpha value is -13.4. The fourth-order valence-corrected chi connectivity index (χ4v) is 16.8. The van der Waals surface area contributed by atoms with Crippen LogP contribution in [0.3, 0.4) is 0 Å². The molecule has 19 aromatic rings. The molecule has 0 saturated carbocycles. The van der Waals surface area contributed by atoms with Crippen molar-refractivity contribution in [2.45, 2.75) is 52.4 Å². The molecule has 0 aliphatic carbocycles. The minimum absolute atomic E-state index is 0.00595. The highest BCUT2D eigenvalue weighted by Gasteiger charge is 2.46. The summed E-state index contributed by atoms with van der Waals surface area (Å²) >= 11 is 0. The second-order valence-corrected chi connectivity index (χ2v) is 30.4. The van der Waals surface area contributed by atoms with Gasteiger partial charge in [-0.1, -0.05) is 290 Å². The molecule has 0 fully saturated rings. The van der Waals surface area contributed by atoms with Crippen LogP contribution < -0.4 is 26.2 Å². The summed E-state index contributed by atoms with van der Waals surface area (Å²) in [7, 11) is 0. The third-order valence-electron chi connectivity index (χ3n) is 21.9. The Morgan fingerprint density at radius 2 is 0.636 bits per heavy atom. The van der Waals surface area contributed by atoms with Crippen LogP contribution in [-0.4, -0.2) is 20.4 Å². The molecule has 5 nitrogen and oxygen atoms in total. The number of anilines is 6. The van der Waals surface area contributed by atoms with Gasteiger partial charge in [0.2, 0.25) is 0 Å². The quantitative estimate of drug-likeness (QED) is 0.127. The number of para-hydroxylation sites is 6. The predicted octanol–water partition coefficient (Wildman–Crippen LogP) is 26.0. The maximum atomic E-state index is 12.0. The van der Waals surface area contributed by atoms with Crippen LogP contribution in [0.5, 0.6) is 0 Å². The third-order valence-corrected chi connectivity index (χ3v) is 21.9. The first-order valence-corrected chi connectivity index (χ1v) is 36.9. The largest absolute Gasteiger partial charge is 0.310 e. The van der Waals surface area contributed by atoms with Crippen molar-refractivity contribution < 1.29 is 28.8 Å². The van der Waals surface area contributed by atoms with Gasteiger partial charge in [0.05, 0.1) is 73.3 Å². The predicted molar refractivity (Wildman–Crippen MR) is 468 cm³/mol. The Labute approximate surface area is 671 Å². The summed E-state index contributed by atoms with van der Waals surface area (Å²) in [6.45, 7) is 11.1. The number of nitrogens with zero attached hydrogens (tertiary/aromatic N) is 5. The van der Waals surface area contributed by atoms with Crippen molar-refractivity contribution in [2.24, 2.45) is 0 Å². The van der Waals surface area contributed by atoms with Crippen LogP contribution in [0.2, 0.25) is 0 Å². The van der Waals surface area contributed by atoms with Crippen molar-refractivity contribution in [3.8, 4) is 72.7 Å². The zero-order valence-corrected chi connectivity index (χ0v) is 60.8. The molecule has 0 atom stereocenters. The van der Waals surface area contributed by atoms with Gasteiger partial charge in [-0.05, 0) is 187 Å². The third kappa shape index (κ3) is 10.2. The molecule has 0 radical (unpaired) electrons. The van der Waals surface area contributed by atoms with E-state index in [1.807, 2.05) is 174 Å². The van der Waals surface area contributed by atoms with E-state index in [0.29, 0.717) is 72.7 Å². The van der Waals surface area contributed by atoms with Gasteiger partial charge in [0.25, 0.3) is 6.71 Å². The van der Waals surface area contributed by atoms with Crippen molar-refractivity contribution in [2.75, 3.05) is 9.80 Å². The first-order valence-electron chi connectivity index (χ1n) is 47.4. The lowest BCUT2D eigenvalue weighted by atomic mass is 9.33. The second-order valence-electron chi connectivity index (χ2n) is 30.4. The van der Waals surface area contributed by atoms with Gasteiger partial charge in [-0.3, -0.25) is 0 Å². The number of hydrogen-bond donors (Lipinski definition) is 0. The number of benzene rings is 16. The Kier molecular flexibility index (Phi) is 10.6. The standard InChI is InChI=1S/C104H78BN5/c1-103(2,3)73-61-83(67-32-12-7-13-33-67)101(84(62-73)68-34-14-8-15-35-68)109-96-65-76(107-90-47-27-22-42-78(90)79-43-23-28-48-91(79)107)53-55-88(96)105-89-56-54-77(108-92-49-29-24-44-80(92)81-45-25-30-50-93(81)108)66-97(89)110(102-85(69-36-16-9-17-37-69)63-74(104(4,5)6)64-86(102)70-38-18-10-19-39-70)99-60-72(59-98(109)100(99)105)71-52-57-95-87(58-71)82-46-26-31-51-94(82)106(95)75-40-20-11-21-41-75/h7-66H,1-6H3/i22D,23D,24D,25D,27D,28D,29D,30D,42D,43D,44D,45D,47D,48D,49D,50D,53D,54D,55D,56D,65D. The minimum atomic E-state index is -1.58. The van der Waals surface area contributed by atoms with Crippen molar-refractivity contribution in [3.63, 3.8) is 0 Å². The smallest absolute Gasteiger partial charge is 0.252 e. The van der Waals surface area contributed by atoms with E-state index in [1.54, 1.807) is 6.07 Å². The van der Waals surface area contributed by atoms with E-state index < -0.39 is 161 Å². The van der Waals surface area contributed by atoms with Crippen molar-refractivity contribution in [1.82, 2.24) is 13.7 Å². The Morgan fingerprint density at radius 1 is 0.264 bits per heavy atom. The summed E-state index contributed by atoms with van der Waals surface area (Å²) < 4.78 is 215. The fraction of sp³-hybridized carbons (Fsp3) is 0.0769. The molecule has 0 saturated heterocycles. The van der Waals surface area contributed by atoms with Gasteiger partial charge in [-0.25, -0.2) is 0 Å². The summed E-state index contributed by atoms with van der Waals surface area (Å²) in [4.78, 5) is 3.99. The van der Waals surface area contributed by atoms with Crippen LogP contribution in [0.15, 0.2) is 363 Å². The number of aromatic nitrogens is 3. The molecule has 16 aromatic carbocycles. The van der Waals surface area contributed by atoms with E-state index in [2.05, 4.69) is 113 Å². The average Bonchev–Trinajstić information content (AvgIpc) is 1.59. The molecule has 522 valence electrons. The lowest BCUT2D eigenvalue weighted by Crippen LogP contribution is -2.61. The van der Waals surface area contributed by atoms with E-state index in [0.717, 1.165) is 54.3 Å². The Morgan fingerprint density at radius 3 is 1.09 bits per heavy atom. The molecule has 0 unspecified atom stereocenters. The SMILES string of the molecule is [2H]c1c(-n2c3c([2H])c([2H])c([2H])c([2H])c3c3c([2H])c([2H])c([2H])c([2H])c32)cc2c(c1[2H])B1c3c(cc(-c4ccc5c(c4)c4ccccc4n5-c4ccccc4)cc3N(c3c(-c4ccccc4)cc(C(C)(C)C)cc3-c3ccccc3)c3c([2H])c(-n4c5c([2H])c([2H])c([2H])c([2H])c5c5c([2H])c([2H])c([2H])c([2H])c54)c([2H])c([2H])c31)N2c1c(-c2ccccc2)cc(C(C)(C)C)cc1-c1ccccc1. The van der Waals surface area contributed by atoms with Gasteiger partial charge in [0.1, 0.15) is 0 Å². The summed E-state index contributed by atoms with van der Waals surface area (Å²) in [5.41, 5.74) is 9.37. The first-order chi connectivity index (χ1) is 62.6. The zero-order valence-electron chi connectivity index (χ0n) is 81.8. The van der Waals surface area contributed by atoms with Crippen LogP contribution in [-0.2, 0) is 10.8 Å². The maximum Gasteiger partial charge on any atom is 0.252 e. The molecule has 0 bridgehead atoms. The molecule has 6 heteroatoms. The van der Waals surface area contributed by atoms with E-state index in [-0.39, 0.29) is 60.6 Å². The van der Waals surface area contributed by atoms with Crippen LogP contribution in [0.4, 0.5) is 34.1 Å². The van der Waals surface area contributed by atoms with Crippen LogP contribution in [0.25, 0.3) is 138 Å². The van der Waals surface area contributed by atoms with Crippen molar-refractivity contribution in [3.05, 3.63) is 375 Å². The van der Waals surface area contributed by atoms with Gasteiger partial charge in [-0.2, -0.15) is 0 Å². The first kappa shape index (κ1) is 46.6. The highest BCUT2D eigenvalue weighted by Crippen LogP contribution is 2.56. The summed E-state index contributed by atoms with van der Waals surface area (Å²) in [6, 6.07) is 63.4. The summed E-state index contributed by atoms with van der Waals surface area (Å²) in [5, 5.41) is 0.523. The average molecular weight is 1430 g/mol. The monoisotopic (exact) mass is 1430 g/mol. The minimum Gasteiger partial charge on any atom is -0.310 e. The Bertz CT molecular complexity index is 7980. The van der Waals surface area contributed by atoms with Gasteiger partial charge < -0.3 is 23.5 Å². The lowest BCUT2D eigenvalue weighted by molar-refractivity contribution is 0.590. The molecule has 0 N–H and O–H groups in total. The van der Waals surface area contributed by atoms with Crippen LogP contribution >= 0.6 is 0 Å². The van der Waals surface area contributed by atoms with E-state index in [4.69, 9.17) is 0 Å². The van der Waals surface area contributed by atoms with E-state index >= 15 is 0 Å². The molecule has 2 aliphatic heterocycles. The van der Waals surface area contributed by atoms with E-state index in [9.17, 15) is 28.8 Å². The highest BCUT2D eigenvalue weighted by atomic mass is 15.2. The molecule has 2 aliphatic rings. The fourth-order valence-electron chi connectivity index (χ4n) is 16.8. The molecule has 110 heavy (non-hydrogen) atoms. The highest BCUT2D eigenvalue weighted by molar-refractivity contribution is 7.00. The molecule has 21 rings (SSSR count). The van der Waals surface area contributed by atoms with Crippen molar-refractivity contribution >= 4 is 123 Å². The normalized spacial score (nSPS) is 15.4. The lowest BCUT2D eigenvalue weighted by Gasteiger charge is -2.46. The van der Waals surface area contributed by atoms with E-state index in [1.165, 1.54) is 4.57 Å². The van der Waals surface area contributed by atoms with Gasteiger partial charge in [-0.15, -0.1) is 0 Å². The molecule has 3 aromatic heterocycles. The molecule has 0 spiro atoms. The van der Waals surface area contributed by atoms with Gasteiger partial charge >= 0.3 is 0 Å². The number of hydrogen-bond acceptors (Lipinski definition) is 2. The topological polar surface area (TPSA) is 21.3 Å². The summed E-state index contributed by atoms with van der Waals surface area (Å²) in [6.07, 6.45) is 0. The molecule has 5 heterocycles. The van der Waals surface area contributed by atoms with Crippen molar-refractivity contribution in [1.29, 1.82) is 0 Å². The zero-order chi connectivity index (χ0) is 92.0. The van der Waals surface area contributed by atoms with Crippen LogP contribution in [0, 0.1) is 0 Å². The summed E-state index contributed by atoms with van der Waals surface area (Å²) in [5.74, 6) is 0. The Balaban J connectivity index is 1.04. The van der Waals surface area contributed by atoms with Gasteiger partial charge in [0, 0.05) is 94.4 Å². The molecular weight excluding hydrogens is 1330 g/mol. The van der Waals surface area contributed by atoms with Crippen LogP contribution in [0.1, 0.15) is 81.5 Å². The number of fused-ring (bicyclic) bond motifs is 13. The number of rotatable bonds is 10.